The predicted octanol–water partition coefficient (Wildman–Crippen LogP) is 3.33. The van der Waals surface area contributed by atoms with Crippen LogP contribution in [0.4, 0.5) is 4.39 Å². The highest BCUT2D eigenvalue weighted by Crippen LogP contribution is 2.62. The van der Waals surface area contributed by atoms with E-state index in [2.05, 4.69) is 22.5 Å². The third-order valence-corrected chi connectivity index (χ3v) is 7.84. The van der Waals surface area contributed by atoms with Crippen molar-refractivity contribution in [2.75, 3.05) is 46.0 Å². The smallest absolute Gasteiger partial charge is 0.191 e. The van der Waals surface area contributed by atoms with Crippen LogP contribution in [0.3, 0.4) is 0 Å². The van der Waals surface area contributed by atoms with Crippen LogP contribution in [-0.2, 0) is 9.47 Å². The van der Waals surface area contributed by atoms with Crippen molar-refractivity contribution in [2.45, 2.75) is 50.8 Å². The molecule has 178 valence electrons. The lowest BCUT2D eigenvalue weighted by atomic mass is 9.46. The number of aliphatic imine (C=N–C) groups is 1. The van der Waals surface area contributed by atoms with E-state index in [4.69, 9.17) is 14.5 Å². The van der Waals surface area contributed by atoms with Crippen molar-refractivity contribution in [3.05, 3.63) is 35.6 Å². The van der Waals surface area contributed by atoms with Crippen LogP contribution in [0.2, 0.25) is 0 Å². The number of morpholine rings is 1. The van der Waals surface area contributed by atoms with Crippen LogP contribution >= 0.6 is 24.0 Å². The highest BCUT2D eigenvalue weighted by atomic mass is 127. The first-order valence-corrected chi connectivity index (χ1v) is 11.9. The Balaban J connectivity index is 0.00000245. The van der Waals surface area contributed by atoms with Gasteiger partial charge >= 0.3 is 0 Å². The molecule has 2 aliphatic carbocycles. The third kappa shape index (κ3) is 4.52. The molecule has 4 unspecified atom stereocenters. The summed E-state index contributed by atoms with van der Waals surface area (Å²) in [5.41, 5.74) is 1.42. The monoisotopic (exact) mass is 558 g/mol. The van der Waals surface area contributed by atoms with Crippen molar-refractivity contribution >= 4 is 29.9 Å². The highest BCUT2D eigenvalue weighted by molar-refractivity contribution is 14.0. The second-order valence-corrected chi connectivity index (χ2v) is 9.39. The van der Waals surface area contributed by atoms with Gasteiger partial charge in [0.2, 0.25) is 0 Å². The number of ether oxygens (including phenoxy) is 2. The first-order valence-electron chi connectivity index (χ1n) is 11.9. The maximum atomic E-state index is 13.5. The van der Waals surface area contributed by atoms with E-state index in [-0.39, 0.29) is 35.8 Å². The predicted molar refractivity (Wildman–Crippen MR) is 134 cm³/mol. The van der Waals surface area contributed by atoms with Gasteiger partial charge in [0.15, 0.2) is 5.96 Å². The zero-order valence-electron chi connectivity index (χ0n) is 18.9. The standard InChI is InChI=1S/C24H35FN4O2.HI/c1-2-26-23(28-21-19-8-13-31-22(19)24(21)9-3-10-24)27-16-20(29-11-14-30-15-12-29)17-4-6-18(25)7-5-17;/h4-7,19-22H,2-3,8-16H2,1H3,(H2,26,27,28);1H. The molecule has 2 aliphatic heterocycles. The van der Waals surface area contributed by atoms with Crippen molar-refractivity contribution in [2.24, 2.45) is 16.3 Å². The summed E-state index contributed by atoms with van der Waals surface area (Å²) in [5.74, 6) is 1.30. The van der Waals surface area contributed by atoms with Gasteiger partial charge in [-0.3, -0.25) is 9.89 Å². The average Bonchev–Trinajstić information content (AvgIpc) is 3.18. The number of nitrogens with one attached hydrogen (secondary N) is 2. The molecule has 1 aromatic carbocycles. The summed E-state index contributed by atoms with van der Waals surface area (Å²) in [7, 11) is 0. The van der Waals surface area contributed by atoms with Crippen LogP contribution < -0.4 is 10.6 Å². The van der Waals surface area contributed by atoms with Gasteiger partial charge in [-0.2, -0.15) is 0 Å². The summed E-state index contributed by atoms with van der Waals surface area (Å²) in [6, 6.07) is 7.44. The van der Waals surface area contributed by atoms with E-state index >= 15 is 0 Å². The number of benzene rings is 1. The molecular weight excluding hydrogens is 522 g/mol. The Morgan fingerprint density at radius 1 is 1.22 bits per heavy atom. The van der Waals surface area contributed by atoms with Gasteiger partial charge in [0.05, 0.1) is 31.9 Å². The minimum absolute atomic E-state index is 0. The van der Waals surface area contributed by atoms with Crippen LogP contribution in [0, 0.1) is 17.2 Å². The SMILES string of the molecule is CCNC(=NCC(c1ccc(F)cc1)N1CCOCC1)NC1C2CCOC2C12CCC2.I. The van der Waals surface area contributed by atoms with Crippen molar-refractivity contribution in [1.82, 2.24) is 15.5 Å². The Morgan fingerprint density at radius 2 is 1.97 bits per heavy atom. The first kappa shape index (κ1) is 24.2. The zero-order valence-corrected chi connectivity index (χ0v) is 21.2. The summed E-state index contributed by atoms with van der Waals surface area (Å²) in [6.07, 6.45) is 5.42. The summed E-state index contributed by atoms with van der Waals surface area (Å²) in [4.78, 5) is 7.43. The lowest BCUT2D eigenvalue weighted by Crippen LogP contribution is -2.72. The average molecular weight is 558 g/mol. The molecule has 2 saturated carbocycles. The molecule has 0 bridgehead atoms. The highest BCUT2D eigenvalue weighted by Gasteiger charge is 2.66. The minimum atomic E-state index is -0.202. The number of fused-ring (bicyclic) bond motifs is 2. The maximum absolute atomic E-state index is 13.5. The van der Waals surface area contributed by atoms with E-state index < -0.39 is 0 Å². The molecule has 4 fully saturated rings. The van der Waals surface area contributed by atoms with Crippen LogP contribution in [-0.4, -0.2) is 69.0 Å². The normalized spacial score (nSPS) is 29.9. The molecule has 6 nitrogen and oxygen atoms in total. The Bertz CT molecular complexity index is 783. The second kappa shape index (κ2) is 10.5. The Kier molecular flexibility index (Phi) is 7.95. The Hall–Kier alpha value is -0.970. The van der Waals surface area contributed by atoms with E-state index in [0.717, 1.165) is 57.4 Å². The lowest BCUT2D eigenvalue weighted by molar-refractivity contribution is -0.171. The maximum Gasteiger partial charge on any atom is 0.191 e. The van der Waals surface area contributed by atoms with E-state index in [1.54, 1.807) is 12.1 Å². The summed E-state index contributed by atoms with van der Waals surface area (Å²) < 4.78 is 25.2. The van der Waals surface area contributed by atoms with Gasteiger partial charge in [-0.25, -0.2) is 4.39 Å². The Morgan fingerprint density at radius 3 is 2.62 bits per heavy atom. The van der Waals surface area contributed by atoms with Gasteiger partial charge in [-0.15, -0.1) is 24.0 Å². The van der Waals surface area contributed by atoms with Gasteiger partial charge in [0.1, 0.15) is 5.82 Å². The molecule has 0 radical (unpaired) electrons. The van der Waals surface area contributed by atoms with Gasteiger partial charge in [0.25, 0.3) is 0 Å². The molecule has 8 heteroatoms. The van der Waals surface area contributed by atoms with Gasteiger partial charge in [0, 0.05) is 43.6 Å². The minimum Gasteiger partial charge on any atom is -0.379 e. The summed E-state index contributed by atoms with van der Waals surface area (Å²) in [5, 5.41) is 7.25. The number of hydrogen-bond acceptors (Lipinski definition) is 4. The third-order valence-electron chi connectivity index (χ3n) is 7.84. The van der Waals surface area contributed by atoms with Crippen molar-refractivity contribution in [1.29, 1.82) is 0 Å². The second-order valence-electron chi connectivity index (χ2n) is 9.39. The van der Waals surface area contributed by atoms with E-state index in [1.165, 1.54) is 19.3 Å². The fraction of sp³-hybridized carbons (Fsp3) is 0.708. The zero-order chi connectivity index (χ0) is 21.3. The molecule has 2 N–H and O–H groups in total. The first-order chi connectivity index (χ1) is 15.2. The number of hydrogen-bond donors (Lipinski definition) is 2. The number of guanidine groups is 1. The van der Waals surface area contributed by atoms with Crippen molar-refractivity contribution < 1.29 is 13.9 Å². The van der Waals surface area contributed by atoms with Crippen molar-refractivity contribution in [3.63, 3.8) is 0 Å². The lowest BCUT2D eigenvalue weighted by Gasteiger charge is -2.63. The van der Waals surface area contributed by atoms with E-state index in [0.29, 0.717) is 30.0 Å². The molecule has 5 rings (SSSR count). The molecule has 2 saturated heterocycles. The summed E-state index contributed by atoms with van der Waals surface area (Å²) >= 11 is 0. The van der Waals surface area contributed by atoms with Gasteiger partial charge in [-0.05, 0) is 43.9 Å². The van der Waals surface area contributed by atoms with Crippen LogP contribution in [0.15, 0.2) is 29.3 Å². The molecule has 32 heavy (non-hydrogen) atoms. The molecule has 0 aromatic heterocycles. The number of rotatable bonds is 6. The topological polar surface area (TPSA) is 58.1 Å². The molecule has 4 aliphatic rings. The molecule has 1 spiro atoms. The van der Waals surface area contributed by atoms with Gasteiger partial charge in [-0.1, -0.05) is 18.6 Å². The summed E-state index contributed by atoms with van der Waals surface area (Å²) in [6.45, 7) is 7.66. The molecular formula is C24H36FIN4O2. The van der Waals surface area contributed by atoms with Crippen molar-refractivity contribution in [3.8, 4) is 0 Å². The number of halogens is 2. The molecule has 4 atom stereocenters. The van der Waals surface area contributed by atoms with Crippen LogP contribution in [0.25, 0.3) is 0 Å². The quantitative estimate of drug-likeness (QED) is 0.319. The largest absolute Gasteiger partial charge is 0.379 e. The van der Waals surface area contributed by atoms with Gasteiger partial charge < -0.3 is 20.1 Å². The molecule has 2 heterocycles. The molecule has 0 amide bonds. The van der Waals surface area contributed by atoms with E-state index in [9.17, 15) is 4.39 Å². The Labute approximate surface area is 207 Å². The fourth-order valence-electron chi connectivity index (χ4n) is 6.11. The van der Waals surface area contributed by atoms with Crippen LogP contribution in [0.5, 0.6) is 0 Å². The fourth-order valence-corrected chi connectivity index (χ4v) is 6.11. The number of nitrogens with zero attached hydrogens (tertiary/aromatic N) is 2. The molecule has 1 aromatic rings. The van der Waals surface area contributed by atoms with Crippen LogP contribution in [0.1, 0.15) is 44.2 Å². The van der Waals surface area contributed by atoms with E-state index in [1.807, 2.05) is 12.1 Å².